The summed E-state index contributed by atoms with van der Waals surface area (Å²) >= 11 is 0. The molecule has 0 atom stereocenters. The first kappa shape index (κ1) is 38.1. The zero-order valence-electron chi connectivity index (χ0n) is 28.4. The first-order chi connectivity index (χ1) is 25.1. The van der Waals surface area contributed by atoms with E-state index in [2.05, 4.69) is 13.2 Å². The lowest BCUT2D eigenvalue weighted by Gasteiger charge is -2.09. The summed E-state index contributed by atoms with van der Waals surface area (Å²) in [5.74, 6) is -1.02. The van der Waals surface area contributed by atoms with Gasteiger partial charge >= 0.3 is 29.8 Å². The summed E-state index contributed by atoms with van der Waals surface area (Å²) in [5, 5.41) is 0. The molecule has 0 heterocycles. The normalized spacial score (nSPS) is 12.0. The van der Waals surface area contributed by atoms with Crippen LogP contribution in [0, 0.1) is 0 Å². The molecule has 0 saturated heterocycles. The highest BCUT2D eigenvalue weighted by Gasteiger charge is 2.16. The van der Waals surface area contributed by atoms with Crippen molar-refractivity contribution in [2.45, 2.75) is 19.8 Å². The van der Waals surface area contributed by atoms with Crippen LogP contribution in [0.2, 0.25) is 0 Å². The van der Waals surface area contributed by atoms with E-state index in [1.165, 1.54) is 42.5 Å². The topological polar surface area (TPSA) is 150 Å². The van der Waals surface area contributed by atoms with E-state index in [0.29, 0.717) is 42.3 Å². The highest BCUT2D eigenvalue weighted by atomic mass is 16.6. The van der Waals surface area contributed by atoms with Crippen molar-refractivity contribution in [3.8, 4) is 17.2 Å². The molecule has 0 fully saturated rings. The molecular weight excluding hydrogens is 672 g/mol. The number of hydrogen-bond acceptors (Lipinski definition) is 12. The van der Waals surface area contributed by atoms with Crippen LogP contribution in [0.4, 0.5) is 0 Å². The Morgan fingerprint density at radius 1 is 0.577 bits per heavy atom. The predicted molar refractivity (Wildman–Crippen MR) is 188 cm³/mol. The fourth-order valence-corrected chi connectivity index (χ4v) is 4.37. The molecule has 12 nitrogen and oxygen atoms in total. The predicted octanol–water partition coefficient (Wildman–Crippen LogP) is 6.64. The second-order valence-corrected chi connectivity index (χ2v) is 10.9. The van der Waals surface area contributed by atoms with Crippen molar-refractivity contribution in [2.24, 2.45) is 0 Å². The zero-order valence-corrected chi connectivity index (χ0v) is 28.4. The average Bonchev–Trinajstić information content (AvgIpc) is 3.33. The van der Waals surface area contributed by atoms with Gasteiger partial charge in [0, 0.05) is 25.0 Å². The Hall–Kier alpha value is -6.69. The Balaban J connectivity index is 1.24. The van der Waals surface area contributed by atoms with Gasteiger partial charge in [-0.1, -0.05) is 18.7 Å². The molecule has 0 amide bonds. The van der Waals surface area contributed by atoms with E-state index in [4.69, 9.17) is 33.2 Å². The Kier molecular flexibility index (Phi) is 14.3. The molecule has 0 bridgehead atoms. The Bertz CT molecular complexity index is 1860. The van der Waals surface area contributed by atoms with Crippen LogP contribution >= 0.6 is 0 Å². The molecule has 268 valence electrons. The zero-order chi connectivity index (χ0) is 37.3. The molecule has 1 aliphatic rings. The molecule has 0 spiro atoms. The molecule has 1 aliphatic carbocycles. The minimum Gasteiger partial charge on any atom is -0.493 e. The van der Waals surface area contributed by atoms with E-state index in [1.54, 1.807) is 48.6 Å². The molecule has 3 aromatic carbocycles. The summed E-state index contributed by atoms with van der Waals surface area (Å²) in [6.07, 6.45) is 7.72. The molecule has 0 unspecified atom stereocenters. The standard InChI is InChI=1S/C40H36O12/c1-4-36(41)48-22-6-21-46-31-13-7-29(8-14-31)39(44)51-34-19-20-35(26-27(3)25-34)52-40(45)30-11-17-33(18-12-30)50-38(43)28-9-15-32(16-10-28)47-23-24-49-37(42)5-2/h4-5,7-20,26H,1-2,6,21-25H2,3H3. The highest BCUT2D eigenvalue weighted by molar-refractivity contribution is 5.92. The number of carbonyl (C=O) groups excluding carboxylic acids is 5. The first-order valence-electron chi connectivity index (χ1n) is 16.0. The van der Waals surface area contributed by atoms with Crippen molar-refractivity contribution in [2.75, 3.05) is 26.4 Å². The van der Waals surface area contributed by atoms with Crippen LogP contribution in [-0.2, 0) is 28.5 Å². The second-order valence-electron chi connectivity index (χ2n) is 10.9. The molecule has 0 aliphatic heterocycles. The van der Waals surface area contributed by atoms with Gasteiger partial charge in [-0.25, -0.2) is 24.0 Å². The van der Waals surface area contributed by atoms with E-state index in [9.17, 15) is 24.0 Å². The number of allylic oxidation sites excluding steroid dienone is 4. The van der Waals surface area contributed by atoms with Crippen LogP contribution in [-0.4, -0.2) is 56.3 Å². The van der Waals surface area contributed by atoms with E-state index in [0.717, 1.165) is 17.7 Å². The molecule has 3 aromatic rings. The maximum absolute atomic E-state index is 12.9. The number of esters is 5. The van der Waals surface area contributed by atoms with E-state index >= 15 is 0 Å². The lowest BCUT2D eigenvalue weighted by molar-refractivity contribution is -0.139. The number of hydrogen-bond donors (Lipinski definition) is 0. The van der Waals surface area contributed by atoms with Gasteiger partial charge in [-0.3, -0.25) is 0 Å². The van der Waals surface area contributed by atoms with Crippen molar-refractivity contribution in [1.82, 2.24) is 0 Å². The van der Waals surface area contributed by atoms with Gasteiger partial charge in [0.05, 0.1) is 29.9 Å². The van der Waals surface area contributed by atoms with Gasteiger partial charge in [0.2, 0.25) is 0 Å². The smallest absolute Gasteiger partial charge is 0.343 e. The van der Waals surface area contributed by atoms with Crippen molar-refractivity contribution in [3.05, 3.63) is 150 Å². The van der Waals surface area contributed by atoms with Crippen molar-refractivity contribution >= 4 is 29.8 Å². The number of benzene rings is 3. The van der Waals surface area contributed by atoms with Gasteiger partial charge in [-0.05, 0) is 97.9 Å². The Morgan fingerprint density at radius 3 is 1.62 bits per heavy atom. The van der Waals surface area contributed by atoms with Crippen molar-refractivity contribution in [3.63, 3.8) is 0 Å². The maximum atomic E-state index is 12.9. The molecule has 0 saturated carbocycles. The fourth-order valence-electron chi connectivity index (χ4n) is 4.37. The number of ether oxygens (including phenoxy) is 7. The highest BCUT2D eigenvalue weighted by Crippen LogP contribution is 2.23. The monoisotopic (exact) mass is 708 g/mol. The largest absolute Gasteiger partial charge is 0.493 e. The minimum absolute atomic E-state index is 0.0538. The van der Waals surface area contributed by atoms with E-state index in [1.807, 2.05) is 6.92 Å². The van der Waals surface area contributed by atoms with Crippen LogP contribution in [0.3, 0.4) is 0 Å². The molecule has 12 heteroatoms. The lowest BCUT2D eigenvalue weighted by atomic mass is 10.2. The minimum atomic E-state index is -0.642. The Labute approximate surface area is 300 Å². The number of carbonyl (C=O) groups is 5. The van der Waals surface area contributed by atoms with Crippen LogP contribution in [0.5, 0.6) is 17.2 Å². The quantitative estimate of drug-likeness (QED) is 0.0486. The second kappa shape index (κ2) is 19.5. The molecular formula is C40H36O12. The SMILES string of the molecule is C=CC(=O)OCCCOc1ccc(C(=O)OC2=CC=C(OC(=O)c3ccc(OC(=O)c4ccc(OCCOC(=O)C=C)cc4)cc3)C=C(C)C2)cc1. The summed E-state index contributed by atoms with van der Waals surface area (Å²) in [6.45, 7) is 9.17. The summed E-state index contributed by atoms with van der Waals surface area (Å²) in [6, 6.07) is 18.5. The van der Waals surface area contributed by atoms with Crippen LogP contribution < -0.4 is 14.2 Å². The summed E-state index contributed by atoms with van der Waals surface area (Å²) in [4.78, 5) is 60.4. The molecule has 4 rings (SSSR count). The third kappa shape index (κ3) is 12.3. The van der Waals surface area contributed by atoms with Crippen LogP contribution in [0.1, 0.15) is 50.8 Å². The van der Waals surface area contributed by atoms with Gasteiger partial charge in [-0.15, -0.1) is 0 Å². The number of rotatable bonds is 17. The first-order valence-corrected chi connectivity index (χ1v) is 16.0. The Morgan fingerprint density at radius 2 is 1.06 bits per heavy atom. The van der Waals surface area contributed by atoms with Gasteiger partial charge in [-0.2, -0.15) is 0 Å². The summed E-state index contributed by atoms with van der Waals surface area (Å²) < 4.78 is 37.4. The maximum Gasteiger partial charge on any atom is 0.343 e. The van der Waals surface area contributed by atoms with Gasteiger partial charge in [0.1, 0.15) is 42.0 Å². The van der Waals surface area contributed by atoms with Gasteiger partial charge in [0.25, 0.3) is 0 Å². The van der Waals surface area contributed by atoms with Crippen molar-refractivity contribution < 1.29 is 57.1 Å². The molecule has 0 N–H and O–H groups in total. The third-order valence-electron chi connectivity index (χ3n) is 6.92. The van der Waals surface area contributed by atoms with Crippen LogP contribution in [0.15, 0.2) is 133 Å². The summed E-state index contributed by atoms with van der Waals surface area (Å²) in [7, 11) is 0. The lowest BCUT2D eigenvalue weighted by Crippen LogP contribution is -2.11. The average molecular weight is 709 g/mol. The molecule has 52 heavy (non-hydrogen) atoms. The molecule has 0 aromatic heterocycles. The molecule has 0 radical (unpaired) electrons. The van der Waals surface area contributed by atoms with E-state index < -0.39 is 29.8 Å². The fraction of sp³-hybridized carbons (Fsp3) is 0.175. The third-order valence-corrected chi connectivity index (χ3v) is 6.92. The van der Waals surface area contributed by atoms with Gasteiger partial charge in [0.15, 0.2) is 0 Å². The van der Waals surface area contributed by atoms with Crippen molar-refractivity contribution in [1.29, 1.82) is 0 Å². The summed E-state index contributed by atoms with van der Waals surface area (Å²) in [5.41, 5.74) is 1.59. The van der Waals surface area contributed by atoms with E-state index in [-0.39, 0.29) is 42.5 Å². The van der Waals surface area contributed by atoms with Crippen LogP contribution in [0.25, 0.3) is 0 Å². The van der Waals surface area contributed by atoms with Gasteiger partial charge < -0.3 is 33.2 Å².